The third-order valence-electron chi connectivity index (χ3n) is 3.26. The molecule has 0 amide bonds. The molecule has 2 rings (SSSR count). The van der Waals surface area contributed by atoms with E-state index in [9.17, 15) is 8.78 Å². The molecule has 0 aliphatic rings. The number of hydrogen-bond donors (Lipinski definition) is 1. The van der Waals surface area contributed by atoms with Crippen LogP contribution in [0.25, 0.3) is 0 Å². The van der Waals surface area contributed by atoms with Gasteiger partial charge in [-0.1, -0.05) is 36.4 Å². The van der Waals surface area contributed by atoms with Crippen LogP contribution >= 0.6 is 0 Å². The number of halogens is 2. The van der Waals surface area contributed by atoms with Gasteiger partial charge in [0.05, 0.1) is 6.61 Å². The summed E-state index contributed by atoms with van der Waals surface area (Å²) in [7, 11) is 1.99. The van der Waals surface area contributed by atoms with Crippen LogP contribution in [0.4, 0.5) is 8.78 Å². The van der Waals surface area contributed by atoms with Crippen molar-refractivity contribution in [3.8, 4) is 5.75 Å². The molecule has 0 aliphatic carbocycles. The molecule has 0 fully saturated rings. The molecule has 0 unspecified atom stereocenters. The highest BCUT2D eigenvalue weighted by atomic mass is 19.3. The first kappa shape index (κ1) is 16.4. The Balaban J connectivity index is 1.89. The zero-order valence-electron chi connectivity index (χ0n) is 12.4. The van der Waals surface area contributed by atoms with Crippen LogP contribution in [0.15, 0.2) is 48.5 Å². The molecule has 0 saturated heterocycles. The monoisotopic (exact) mass is 307 g/mol. The molecule has 0 atom stereocenters. The molecule has 0 aliphatic heterocycles. The molecule has 0 aromatic heterocycles. The SMILES string of the molecule is CN(Cc1ccc(CO)cc1)Cc1ccc(OC(F)F)cc1. The highest BCUT2D eigenvalue weighted by Gasteiger charge is 2.05. The number of hydrogen-bond acceptors (Lipinski definition) is 3. The van der Waals surface area contributed by atoms with Crippen molar-refractivity contribution < 1.29 is 18.6 Å². The van der Waals surface area contributed by atoms with Crippen LogP contribution in [-0.2, 0) is 19.7 Å². The fourth-order valence-electron chi connectivity index (χ4n) is 2.21. The van der Waals surface area contributed by atoms with E-state index in [1.165, 1.54) is 0 Å². The number of alkyl halides is 2. The van der Waals surface area contributed by atoms with Crippen molar-refractivity contribution in [2.24, 2.45) is 0 Å². The fraction of sp³-hybridized carbons (Fsp3) is 0.294. The lowest BCUT2D eigenvalue weighted by molar-refractivity contribution is -0.0498. The molecule has 22 heavy (non-hydrogen) atoms. The van der Waals surface area contributed by atoms with Crippen LogP contribution < -0.4 is 4.74 Å². The van der Waals surface area contributed by atoms with E-state index >= 15 is 0 Å². The lowest BCUT2D eigenvalue weighted by atomic mass is 10.1. The Morgan fingerprint density at radius 3 is 1.82 bits per heavy atom. The van der Waals surface area contributed by atoms with E-state index in [0.717, 1.165) is 23.2 Å². The van der Waals surface area contributed by atoms with Crippen molar-refractivity contribution in [2.75, 3.05) is 7.05 Å². The molecule has 1 N–H and O–H groups in total. The molecule has 0 bridgehead atoms. The van der Waals surface area contributed by atoms with Gasteiger partial charge in [0.1, 0.15) is 5.75 Å². The third kappa shape index (κ3) is 5.09. The quantitative estimate of drug-likeness (QED) is 0.851. The van der Waals surface area contributed by atoms with E-state index in [1.54, 1.807) is 24.3 Å². The summed E-state index contributed by atoms with van der Waals surface area (Å²) < 4.78 is 28.5. The fourth-order valence-corrected chi connectivity index (χ4v) is 2.21. The van der Waals surface area contributed by atoms with Crippen LogP contribution in [0.3, 0.4) is 0 Å². The van der Waals surface area contributed by atoms with Crippen LogP contribution in [0, 0.1) is 0 Å². The van der Waals surface area contributed by atoms with E-state index in [-0.39, 0.29) is 12.4 Å². The molecule has 3 nitrogen and oxygen atoms in total. The van der Waals surface area contributed by atoms with Crippen molar-refractivity contribution in [1.29, 1.82) is 0 Å². The molecule has 0 radical (unpaired) electrons. The summed E-state index contributed by atoms with van der Waals surface area (Å²) in [5.74, 6) is 0.168. The minimum absolute atomic E-state index is 0.0448. The number of aliphatic hydroxyl groups excluding tert-OH is 1. The van der Waals surface area contributed by atoms with Gasteiger partial charge in [-0.3, -0.25) is 4.90 Å². The summed E-state index contributed by atoms with van der Waals surface area (Å²) in [6.45, 7) is -1.28. The predicted molar refractivity (Wildman–Crippen MR) is 80.6 cm³/mol. The van der Waals surface area contributed by atoms with Gasteiger partial charge in [-0.2, -0.15) is 8.78 Å². The van der Waals surface area contributed by atoms with Crippen LogP contribution in [0.1, 0.15) is 16.7 Å². The Morgan fingerprint density at radius 2 is 1.36 bits per heavy atom. The van der Waals surface area contributed by atoms with Crippen molar-refractivity contribution in [1.82, 2.24) is 4.90 Å². The third-order valence-corrected chi connectivity index (χ3v) is 3.26. The molecule has 0 spiro atoms. The van der Waals surface area contributed by atoms with Gasteiger partial charge in [0.15, 0.2) is 0 Å². The maximum absolute atomic E-state index is 12.1. The van der Waals surface area contributed by atoms with Crippen molar-refractivity contribution in [3.63, 3.8) is 0 Å². The van der Waals surface area contributed by atoms with E-state index in [1.807, 2.05) is 31.3 Å². The largest absolute Gasteiger partial charge is 0.435 e. The summed E-state index contributed by atoms with van der Waals surface area (Å²) in [5, 5.41) is 9.01. The number of ether oxygens (including phenoxy) is 1. The maximum atomic E-state index is 12.1. The first-order chi connectivity index (χ1) is 10.6. The van der Waals surface area contributed by atoms with Crippen LogP contribution in [0.2, 0.25) is 0 Å². The Labute approximate surface area is 128 Å². The van der Waals surface area contributed by atoms with Crippen molar-refractivity contribution in [3.05, 3.63) is 65.2 Å². The van der Waals surface area contributed by atoms with Gasteiger partial charge in [-0.25, -0.2) is 0 Å². The zero-order chi connectivity index (χ0) is 15.9. The molecule has 2 aromatic rings. The van der Waals surface area contributed by atoms with Crippen LogP contribution in [0.5, 0.6) is 5.75 Å². The second-order valence-corrected chi connectivity index (χ2v) is 5.17. The smallest absolute Gasteiger partial charge is 0.387 e. The van der Waals surface area contributed by atoms with Crippen molar-refractivity contribution >= 4 is 0 Å². The van der Waals surface area contributed by atoms with E-state index < -0.39 is 6.61 Å². The summed E-state index contributed by atoms with van der Waals surface area (Å²) in [6.07, 6.45) is 0. The molecular formula is C17H19F2NO2. The lowest BCUT2D eigenvalue weighted by Gasteiger charge is -2.17. The second-order valence-electron chi connectivity index (χ2n) is 5.17. The standard InChI is InChI=1S/C17H19F2NO2/c1-20(10-13-2-4-15(12-21)5-3-13)11-14-6-8-16(9-7-14)22-17(18)19/h2-9,17,21H,10-12H2,1H3. The summed E-state index contributed by atoms with van der Waals surface area (Å²) in [6, 6.07) is 14.4. The van der Waals surface area contributed by atoms with Gasteiger partial charge in [-0.15, -0.1) is 0 Å². The first-order valence-electron chi connectivity index (χ1n) is 6.98. The van der Waals surface area contributed by atoms with E-state index in [2.05, 4.69) is 9.64 Å². The second kappa shape index (κ2) is 7.87. The minimum atomic E-state index is -2.80. The van der Waals surface area contributed by atoms with Gasteiger partial charge >= 0.3 is 6.61 Å². The number of benzene rings is 2. The van der Waals surface area contributed by atoms with Gasteiger partial charge in [0.25, 0.3) is 0 Å². The number of aliphatic hydroxyl groups is 1. The number of nitrogens with zero attached hydrogens (tertiary/aromatic N) is 1. The molecule has 5 heteroatoms. The Hall–Kier alpha value is -1.98. The van der Waals surface area contributed by atoms with Crippen LogP contribution in [-0.4, -0.2) is 23.7 Å². The predicted octanol–water partition coefficient (Wildman–Crippen LogP) is 3.41. The normalized spacial score (nSPS) is 11.2. The molecule has 118 valence electrons. The summed E-state index contributed by atoms with van der Waals surface area (Å²) in [4.78, 5) is 2.12. The number of rotatable bonds is 7. The Morgan fingerprint density at radius 1 is 0.909 bits per heavy atom. The van der Waals surface area contributed by atoms with Crippen molar-refractivity contribution in [2.45, 2.75) is 26.3 Å². The minimum Gasteiger partial charge on any atom is -0.435 e. The maximum Gasteiger partial charge on any atom is 0.387 e. The Kier molecular flexibility index (Phi) is 5.86. The highest BCUT2D eigenvalue weighted by Crippen LogP contribution is 2.16. The summed E-state index contributed by atoms with van der Waals surface area (Å²) in [5.41, 5.74) is 3.06. The average molecular weight is 307 g/mol. The molecule has 2 aromatic carbocycles. The topological polar surface area (TPSA) is 32.7 Å². The van der Waals surface area contributed by atoms with Gasteiger partial charge in [0.2, 0.25) is 0 Å². The molecule has 0 heterocycles. The summed E-state index contributed by atoms with van der Waals surface area (Å²) >= 11 is 0. The Bertz CT molecular complexity index is 570. The molecule has 0 saturated carbocycles. The molecular weight excluding hydrogens is 288 g/mol. The van der Waals surface area contributed by atoms with E-state index in [4.69, 9.17) is 5.11 Å². The van der Waals surface area contributed by atoms with Gasteiger partial charge in [0, 0.05) is 13.1 Å². The van der Waals surface area contributed by atoms with E-state index in [0.29, 0.717) is 6.54 Å². The average Bonchev–Trinajstić information content (AvgIpc) is 2.49. The zero-order valence-corrected chi connectivity index (χ0v) is 12.4. The lowest BCUT2D eigenvalue weighted by Crippen LogP contribution is -2.17. The van der Waals surface area contributed by atoms with Gasteiger partial charge in [-0.05, 0) is 35.9 Å². The highest BCUT2D eigenvalue weighted by molar-refractivity contribution is 5.27. The van der Waals surface area contributed by atoms with Gasteiger partial charge < -0.3 is 9.84 Å². The first-order valence-corrected chi connectivity index (χ1v) is 6.98.